The molecule has 0 saturated carbocycles. The number of aromatic amines is 1. The van der Waals surface area contributed by atoms with Crippen molar-refractivity contribution in [2.75, 3.05) is 25.0 Å². The molecule has 1 fully saturated rings. The Morgan fingerprint density at radius 2 is 2.32 bits per heavy atom. The molecule has 1 aliphatic heterocycles. The number of nitrogens with one attached hydrogen (secondary N) is 3. The Labute approximate surface area is 119 Å². The summed E-state index contributed by atoms with van der Waals surface area (Å²) < 4.78 is 5.47. The molecule has 0 bridgehead atoms. The van der Waals surface area contributed by atoms with Crippen LogP contribution in [0.15, 0.2) is 0 Å². The first-order valence-electron chi connectivity index (χ1n) is 6.30. The number of rotatable bonds is 5. The highest BCUT2D eigenvalue weighted by atomic mass is 35.5. The van der Waals surface area contributed by atoms with E-state index in [0.717, 1.165) is 43.1 Å². The molecule has 1 aromatic heterocycles. The van der Waals surface area contributed by atoms with Gasteiger partial charge in [-0.25, -0.2) is 0 Å². The van der Waals surface area contributed by atoms with Crippen molar-refractivity contribution in [3.8, 4) is 0 Å². The van der Waals surface area contributed by atoms with Gasteiger partial charge in [-0.2, -0.15) is 5.10 Å². The van der Waals surface area contributed by atoms with E-state index in [4.69, 9.17) is 4.74 Å². The van der Waals surface area contributed by atoms with Gasteiger partial charge in [-0.1, -0.05) is 0 Å². The number of carbonyl (C=O) groups excluding carboxylic acids is 1. The number of ether oxygens (including phenoxy) is 1. The van der Waals surface area contributed by atoms with E-state index in [9.17, 15) is 4.79 Å². The average Bonchev–Trinajstić information content (AvgIpc) is 2.94. The average molecular weight is 289 g/mol. The van der Waals surface area contributed by atoms with Crippen LogP contribution in [0.25, 0.3) is 0 Å². The minimum absolute atomic E-state index is 0. The van der Waals surface area contributed by atoms with Crippen LogP contribution in [0.4, 0.5) is 5.69 Å². The fourth-order valence-corrected chi connectivity index (χ4v) is 2.07. The molecule has 6 nitrogen and oxygen atoms in total. The van der Waals surface area contributed by atoms with Gasteiger partial charge in [-0.3, -0.25) is 9.89 Å². The number of aromatic nitrogens is 2. The zero-order valence-electron chi connectivity index (χ0n) is 11.3. The summed E-state index contributed by atoms with van der Waals surface area (Å²) in [7, 11) is 0. The van der Waals surface area contributed by atoms with Crippen molar-refractivity contribution in [1.29, 1.82) is 0 Å². The highest BCUT2D eigenvalue weighted by Gasteiger charge is 2.15. The Hall–Kier alpha value is -1.11. The molecule has 1 saturated heterocycles. The quantitative estimate of drug-likeness (QED) is 0.759. The molecular weight excluding hydrogens is 268 g/mol. The van der Waals surface area contributed by atoms with E-state index in [1.54, 1.807) is 0 Å². The van der Waals surface area contributed by atoms with Gasteiger partial charge in [-0.05, 0) is 26.7 Å². The predicted molar refractivity (Wildman–Crippen MR) is 75.8 cm³/mol. The summed E-state index contributed by atoms with van der Waals surface area (Å²) in [5, 5.41) is 12.8. The van der Waals surface area contributed by atoms with Crippen LogP contribution in [0.2, 0.25) is 0 Å². The van der Waals surface area contributed by atoms with Gasteiger partial charge in [0.05, 0.1) is 29.7 Å². The van der Waals surface area contributed by atoms with Gasteiger partial charge in [0.1, 0.15) is 0 Å². The molecule has 2 heterocycles. The second-order valence-electron chi connectivity index (χ2n) is 4.62. The van der Waals surface area contributed by atoms with Crippen LogP contribution in [0, 0.1) is 13.8 Å². The Bertz CT molecular complexity index is 396. The van der Waals surface area contributed by atoms with Gasteiger partial charge in [0.15, 0.2) is 0 Å². The lowest BCUT2D eigenvalue weighted by molar-refractivity contribution is -0.115. The topological polar surface area (TPSA) is 79.0 Å². The second kappa shape index (κ2) is 7.47. The van der Waals surface area contributed by atoms with E-state index in [2.05, 4.69) is 20.8 Å². The zero-order chi connectivity index (χ0) is 13.0. The molecule has 1 unspecified atom stereocenters. The molecular formula is C12H21ClN4O2. The number of hydrogen-bond acceptors (Lipinski definition) is 4. The van der Waals surface area contributed by atoms with Gasteiger partial charge >= 0.3 is 0 Å². The van der Waals surface area contributed by atoms with Crippen LogP contribution in [0.3, 0.4) is 0 Å². The summed E-state index contributed by atoms with van der Waals surface area (Å²) in [6.07, 6.45) is 2.45. The molecule has 108 valence electrons. The van der Waals surface area contributed by atoms with Gasteiger partial charge in [-0.15, -0.1) is 12.4 Å². The van der Waals surface area contributed by atoms with Gasteiger partial charge in [0.25, 0.3) is 0 Å². The number of nitrogens with zero attached hydrogens (tertiary/aromatic N) is 1. The summed E-state index contributed by atoms with van der Waals surface area (Å²) in [5.74, 6) is -0.0550. The first-order chi connectivity index (χ1) is 8.66. The van der Waals surface area contributed by atoms with Crippen LogP contribution in [0.1, 0.15) is 24.2 Å². The van der Waals surface area contributed by atoms with Crippen LogP contribution < -0.4 is 10.6 Å². The monoisotopic (exact) mass is 288 g/mol. The van der Waals surface area contributed by atoms with Gasteiger partial charge in [0.2, 0.25) is 5.91 Å². The van der Waals surface area contributed by atoms with E-state index in [-0.39, 0.29) is 24.4 Å². The molecule has 19 heavy (non-hydrogen) atoms. The number of amides is 1. The molecule has 0 aromatic carbocycles. The minimum atomic E-state index is -0.0550. The molecule has 2 rings (SSSR count). The Morgan fingerprint density at radius 1 is 1.53 bits per heavy atom. The molecule has 0 aliphatic carbocycles. The van der Waals surface area contributed by atoms with Crippen molar-refractivity contribution in [1.82, 2.24) is 15.5 Å². The number of carbonyl (C=O) groups is 1. The molecule has 1 aliphatic rings. The van der Waals surface area contributed by atoms with E-state index < -0.39 is 0 Å². The lowest BCUT2D eigenvalue weighted by Crippen LogP contribution is -2.33. The van der Waals surface area contributed by atoms with Crippen molar-refractivity contribution in [3.63, 3.8) is 0 Å². The van der Waals surface area contributed by atoms with E-state index in [0.29, 0.717) is 6.54 Å². The highest BCUT2D eigenvalue weighted by Crippen LogP contribution is 2.15. The van der Waals surface area contributed by atoms with E-state index in [1.807, 2.05) is 13.8 Å². The van der Waals surface area contributed by atoms with Crippen LogP contribution >= 0.6 is 12.4 Å². The number of halogens is 1. The smallest absolute Gasteiger partial charge is 0.238 e. The summed E-state index contributed by atoms with van der Waals surface area (Å²) in [6.45, 7) is 5.61. The lowest BCUT2D eigenvalue weighted by atomic mass is 10.2. The van der Waals surface area contributed by atoms with Gasteiger partial charge in [0, 0.05) is 13.2 Å². The number of H-pyrrole nitrogens is 1. The Kier molecular flexibility index (Phi) is 6.27. The molecule has 3 N–H and O–H groups in total. The fourth-order valence-electron chi connectivity index (χ4n) is 2.07. The van der Waals surface area contributed by atoms with Crippen LogP contribution in [0.5, 0.6) is 0 Å². The van der Waals surface area contributed by atoms with Gasteiger partial charge < -0.3 is 15.4 Å². The SMILES string of the molecule is Cc1n[nH]c(C)c1NC(=O)CNCC1CCCO1.Cl. The maximum atomic E-state index is 11.7. The van der Waals surface area contributed by atoms with E-state index >= 15 is 0 Å². The first kappa shape index (κ1) is 15.9. The number of anilines is 1. The first-order valence-corrected chi connectivity index (χ1v) is 6.30. The summed E-state index contributed by atoms with van der Waals surface area (Å²) in [6, 6.07) is 0. The summed E-state index contributed by atoms with van der Waals surface area (Å²) >= 11 is 0. The second-order valence-corrected chi connectivity index (χ2v) is 4.62. The lowest BCUT2D eigenvalue weighted by Gasteiger charge is -2.10. The summed E-state index contributed by atoms with van der Waals surface area (Å²) in [5.41, 5.74) is 2.46. The van der Waals surface area contributed by atoms with Crippen LogP contribution in [-0.4, -0.2) is 41.9 Å². The third-order valence-corrected chi connectivity index (χ3v) is 3.07. The highest BCUT2D eigenvalue weighted by molar-refractivity contribution is 5.93. The Balaban J connectivity index is 0.00000180. The fraction of sp³-hybridized carbons (Fsp3) is 0.667. The predicted octanol–water partition coefficient (Wildman–Crippen LogP) is 1.16. The van der Waals surface area contributed by atoms with Crippen molar-refractivity contribution < 1.29 is 9.53 Å². The number of aryl methyl sites for hydroxylation is 2. The molecule has 1 atom stereocenters. The summed E-state index contributed by atoms with van der Waals surface area (Å²) in [4.78, 5) is 11.7. The zero-order valence-corrected chi connectivity index (χ0v) is 12.1. The maximum absolute atomic E-state index is 11.7. The maximum Gasteiger partial charge on any atom is 0.238 e. The Morgan fingerprint density at radius 3 is 2.89 bits per heavy atom. The normalized spacial score (nSPS) is 18.1. The van der Waals surface area contributed by atoms with E-state index in [1.165, 1.54) is 0 Å². The standard InChI is InChI=1S/C12H20N4O2.ClH/c1-8-12(9(2)16-15-8)14-11(17)7-13-6-10-4-3-5-18-10;/h10,13H,3-7H2,1-2H3,(H,14,17)(H,15,16);1H. The molecule has 7 heteroatoms. The van der Waals surface area contributed by atoms with Crippen molar-refractivity contribution in [3.05, 3.63) is 11.4 Å². The third kappa shape index (κ3) is 4.49. The molecule has 1 amide bonds. The number of hydrogen-bond donors (Lipinski definition) is 3. The van der Waals surface area contributed by atoms with Crippen molar-refractivity contribution in [2.45, 2.75) is 32.8 Å². The van der Waals surface area contributed by atoms with Crippen molar-refractivity contribution in [2.24, 2.45) is 0 Å². The third-order valence-electron chi connectivity index (χ3n) is 3.07. The molecule has 0 radical (unpaired) electrons. The van der Waals surface area contributed by atoms with Crippen molar-refractivity contribution >= 4 is 24.0 Å². The largest absolute Gasteiger partial charge is 0.377 e. The minimum Gasteiger partial charge on any atom is -0.377 e. The van der Waals surface area contributed by atoms with Crippen LogP contribution in [-0.2, 0) is 9.53 Å². The molecule has 1 aromatic rings. The molecule has 0 spiro atoms.